The Hall–Kier alpha value is -0.330. The maximum atomic E-state index is 5.73. The summed E-state index contributed by atoms with van der Waals surface area (Å²) < 4.78 is 6.67. The highest BCUT2D eigenvalue weighted by molar-refractivity contribution is 9.10. The molecule has 0 radical (unpaired) electrons. The number of ether oxygens (including phenoxy) is 1. The van der Waals surface area contributed by atoms with Gasteiger partial charge in [0.25, 0.3) is 0 Å². The molecule has 0 amide bonds. The highest BCUT2D eigenvalue weighted by Gasteiger charge is 2.24. The molecule has 94 valence electrons. The molecule has 0 saturated carbocycles. The number of thioether (sulfide) groups is 1. The fourth-order valence-electron chi connectivity index (χ4n) is 2.01. The van der Waals surface area contributed by atoms with E-state index in [1.807, 2.05) is 12.5 Å². The molecule has 1 fully saturated rings. The van der Waals surface area contributed by atoms with E-state index in [2.05, 4.69) is 44.6 Å². The van der Waals surface area contributed by atoms with Crippen molar-refractivity contribution >= 4 is 33.5 Å². The van der Waals surface area contributed by atoms with E-state index in [0.29, 0.717) is 0 Å². The normalized spacial score (nSPS) is 25.1. The van der Waals surface area contributed by atoms with Crippen molar-refractivity contribution in [1.29, 1.82) is 0 Å². The Bertz CT molecular complexity index is 394. The van der Waals surface area contributed by atoms with E-state index in [9.17, 15) is 0 Å². The van der Waals surface area contributed by atoms with Gasteiger partial charge in [0.2, 0.25) is 0 Å². The SMILES string of the molecule is CSc1ncc(Br)c(N2CC(C)OC(C)C2)n1. The number of aromatic nitrogens is 2. The third kappa shape index (κ3) is 3.11. The summed E-state index contributed by atoms with van der Waals surface area (Å²) in [5, 5.41) is 0.801. The summed E-state index contributed by atoms with van der Waals surface area (Å²) in [6, 6.07) is 0. The molecule has 1 saturated heterocycles. The van der Waals surface area contributed by atoms with E-state index in [1.54, 1.807) is 11.8 Å². The number of halogens is 1. The van der Waals surface area contributed by atoms with Crippen LogP contribution >= 0.6 is 27.7 Å². The first-order chi connectivity index (χ1) is 8.10. The lowest BCUT2D eigenvalue weighted by molar-refractivity contribution is -0.00554. The van der Waals surface area contributed by atoms with Crippen LogP contribution < -0.4 is 4.90 Å². The largest absolute Gasteiger partial charge is 0.372 e. The van der Waals surface area contributed by atoms with Gasteiger partial charge in [0.15, 0.2) is 5.16 Å². The molecule has 6 heteroatoms. The van der Waals surface area contributed by atoms with Crippen LogP contribution in [0.4, 0.5) is 5.82 Å². The van der Waals surface area contributed by atoms with Crippen molar-refractivity contribution in [3.8, 4) is 0 Å². The Kier molecular flexibility index (Phi) is 4.27. The van der Waals surface area contributed by atoms with Gasteiger partial charge in [-0.2, -0.15) is 0 Å². The molecule has 1 aliphatic heterocycles. The van der Waals surface area contributed by atoms with E-state index in [4.69, 9.17) is 4.74 Å². The Labute approximate surface area is 114 Å². The molecule has 2 atom stereocenters. The van der Waals surface area contributed by atoms with Crippen LogP contribution in [0.25, 0.3) is 0 Å². The molecule has 1 aliphatic rings. The Morgan fingerprint density at radius 1 is 1.41 bits per heavy atom. The van der Waals surface area contributed by atoms with E-state index in [1.165, 1.54) is 0 Å². The second kappa shape index (κ2) is 5.54. The Balaban J connectivity index is 2.26. The van der Waals surface area contributed by atoms with Crippen molar-refractivity contribution in [3.63, 3.8) is 0 Å². The number of rotatable bonds is 2. The molecule has 2 heterocycles. The van der Waals surface area contributed by atoms with E-state index >= 15 is 0 Å². The molecule has 1 aromatic heterocycles. The first-order valence-electron chi connectivity index (χ1n) is 5.57. The second-order valence-corrected chi connectivity index (χ2v) is 5.82. The number of anilines is 1. The predicted octanol–water partition coefficient (Wildman–Crippen LogP) is 2.57. The summed E-state index contributed by atoms with van der Waals surface area (Å²) in [5.41, 5.74) is 0. The molecule has 0 spiro atoms. The van der Waals surface area contributed by atoms with Crippen molar-refractivity contribution in [2.75, 3.05) is 24.2 Å². The van der Waals surface area contributed by atoms with Crippen LogP contribution in [-0.2, 0) is 4.74 Å². The number of nitrogens with zero attached hydrogens (tertiary/aromatic N) is 3. The highest BCUT2D eigenvalue weighted by Crippen LogP contribution is 2.27. The monoisotopic (exact) mass is 317 g/mol. The van der Waals surface area contributed by atoms with Crippen LogP contribution in [0.2, 0.25) is 0 Å². The Morgan fingerprint density at radius 3 is 2.65 bits per heavy atom. The van der Waals surface area contributed by atoms with Crippen LogP contribution in [0.5, 0.6) is 0 Å². The van der Waals surface area contributed by atoms with Crippen molar-refractivity contribution in [2.45, 2.75) is 31.2 Å². The van der Waals surface area contributed by atoms with Gasteiger partial charge < -0.3 is 9.64 Å². The average Bonchev–Trinajstić information content (AvgIpc) is 2.28. The van der Waals surface area contributed by atoms with Gasteiger partial charge in [-0.1, -0.05) is 11.8 Å². The quantitative estimate of drug-likeness (QED) is 0.619. The molecule has 0 aliphatic carbocycles. The summed E-state index contributed by atoms with van der Waals surface area (Å²) in [5.74, 6) is 0.964. The number of hydrogen-bond donors (Lipinski definition) is 0. The van der Waals surface area contributed by atoms with Gasteiger partial charge in [-0.05, 0) is 36.0 Å². The zero-order chi connectivity index (χ0) is 12.4. The minimum Gasteiger partial charge on any atom is -0.372 e. The van der Waals surface area contributed by atoms with Crippen molar-refractivity contribution in [2.24, 2.45) is 0 Å². The molecule has 0 aromatic carbocycles. The highest BCUT2D eigenvalue weighted by atomic mass is 79.9. The van der Waals surface area contributed by atoms with Gasteiger partial charge in [-0.3, -0.25) is 0 Å². The third-order valence-corrected chi connectivity index (χ3v) is 3.73. The standard InChI is InChI=1S/C11H16BrN3OS/c1-7-5-15(6-8(2)16-7)10-9(12)4-13-11(14-10)17-3/h4,7-8H,5-6H2,1-3H3. The lowest BCUT2D eigenvalue weighted by atomic mass is 10.2. The molecule has 0 bridgehead atoms. The first-order valence-corrected chi connectivity index (χ1v) is 7.59. The van der Waals surface area contributed by atoms with Gasteiger partial charge in [0.05, 0.1) is 16.7 Å². The van der Waals surface area contributed by atoms with Crippen LogP contribution in [-0.4, -0.2) is 41.5 Å². The maximum Gasteiger partial charge on any atom is 0.189 e. The van der Waals surface area contributed by atoms with Gasteiger partial charge >= 0.3 is 0 Å². The molecule has 2 unspecified atom stereocenters. The molecular weight excluding hydrogens is 302 g/mol. The molecule has 4 nitrogen and oxygen atoms in total. The molecule has 0 N–H and O–H groups in total. The summed E-state index contributed by atoms with van der Waals surface area (Å²) in [6.07, 6.45) is 4.27. The first kappa shape index (κ1) is 13.1. The summed E-state index contributed by atoms with van der Waals surface area (Å²) in [6.45, 7) is 5.92. The maximum absolute atomic E-state index is 5.73. The lowest BCUT2D eigenvalue weighted by Gasteiger charge is -2.36. The molecule has 17 heavy (non-hydrogen) atoms. The van der Waals surface area contributed by atoms with Crippen LogP contribution in [0.3, 0.4) is 0 Å². The minimum atomic E-state index is 0.235. The third-order valence-electron chi connectivity index (χ3n) is 2.61. The van der Waals surface area contributed by atoms with Crippen molar-refractivity contribution in [3.05, 3.63) is 10.7 Å². The fourth-order valence-corrected chi connectivity index (χ4v) is 2.79. The predicted molar refractivity (Wildman–Crippen MR) is 73.7 cm³/mol. The number of morpholine rings is 1. The summed E-state index contributed by atoms with van der Waals surface area (Å²) >= 11 is 5.07. The number of hydrogen-bond acceptors (Lipinski definition) is 5. The molecule has 1 aromatic rings. The van der Waals surface area contributed by atoms with E-state index in [-0.39, 0.29) is 12.2 Å². The fraction of sp³-hybridized carbons (Fsp3) is 0.636. The van der Waals surface area contributed by atoms with Crippen molar-refractivity contribution < 1.29 is 4.74 Å². The summed E-state index contributed by atoms with van der Waals surface area (Å²) in [7, 11) is 0. The van der Waals surface area contributed by atoms with Crippen LogP contribution in [0.15, 0.2) is 15.8 Å². The van der Waals surface area contributed by atoms with Crippen molar-refractivity contribution in [1.82, 2.24) is 9.97 Å². The zero-order valence-corrected chi connectivity index (χ0v) is 12.6. The molecule has 2 rings (SSSR count). The summed E-state index contributed by atoms with van der Waals surface area (Å²) in [4.78, 5) is 11.1. The average molecular weight is 318 g/mol. The van der Waals surface area contributed by atoms with Crippen LogP contribution in [0.1, 0.15) is 13.8 Å². The Morgan fingerprint density at radius 2 is 2.06 bits per heavy atom. The van der Waals surface area contributed by atoms with Crippen LogP contribution in [0, 0.1) is 0 Å². The zero-order valence-electron chi connectivity index (χ0n) is 10.2. The van der Waals surface area contributed by atoms with Gasteiger partial charge in [0, 0.05) is 19.3 Å². The topological polar surface area (TPSA) is 38.2 Å². The van der Waals surface area contributed by atoms with E-state index in [0.717, 1.165) is 28.5 Å². The minimum absolute atomic E-state index is 0.235. The lowest BCUT2D eigenvalue weighted by Crippen LogP contribution is -2.46. The van der Waals surface area contributed by atoms with Gasteiger partial charge in [-0.15, -0.1) is 0 Å². The second-order valence-electron chi connectivity index (χ2n) is 4.19. The van der Waals surface area contributed by atoms with E-state index < -0.39 is 0 Å². The molecular formula is C11H16BrN3OS. The smallest absolute Gasteiger partial charge is 0.189 e. The van der Waals surface area contributed by atoms with Gasteiger partial charge in [-0.25, -0.2) is 9.97 Å². The van der Waals surface area contributed by atoms with Gasteiger partial charge in [0.1, 0.15) is 5.82 Å².